The number of amides is 1. The van der Waals surface area contributed by atoms with Gasteiger partial charge < -0.3 is 28.8 Å². The molecule has 1 aliphatic rings. The number of methoxy groups -OCH3 is 2. The highest BCUT2D eigenvalue weighted by Crippen LogP contribution is 2.25. The van der Waals surface area contributed by atoms with Crippen LogP contribution in [0.5, 0.6) is 11.5 Å². The minimum Gasteiger partial charge on any atom is -0.497 e. The summed E-state index contributed by atoms with van der Waals surface area (Å²) in [4.78, 5) is 34.7. The molecule has 0 saturated heterocycles. The van der Waals surface area contributed by atoms with E-state index in [4.69, 9.17) is 18.9 Å². The van der Waals surface area contributed by atoms with Crippen LogP contribution in [-0.2, 0) is 22.4 Å². The van der Waals surface area contributed by atoms with Gasteiger partial charge in [-0.25, -0.2) is 4.98 Å². The number of aromatic nitrogens is 2. The van der Waals surface area contributed by atoms with Crippen LogP contribution in [0.3, 0.4) is 0 Å². The Balaban J connectivity index is 1.85. The van der Waals surface area contributed by atoms with Gasteiger partial charge in [0.2, 0.25) is 6.29 Å². The Labute approximate surface area is 174 Å². The summed E-state index contributed by atoms with van der Waals surface area (Å²) in [6.07, 6.45) is -0.258. The molecule has 0 radical (unpaired) electrons. The third-order valence-electron chi connectivity index (χ3n) is 4.83. The molecule has 1 amide bonds. The molecule has 0 fully saturated rings. The van der Waals surface area contributed by atoms with Crippen LogP contribution in [0.1, 0.15) is 47.6 Å². The van der Waals surface area contributed by atoms with Gasteiger partial charge in [0.1, 0.15) is 11.5 Å². The molecule has 1 aromatic carbocycles. The molecule has 2 aromatic rings. The largest absolute Gasteiger partial charge is 0.497 e. The summed E-state index contributed by atoms with van der Waals surface area (Å²) in [5.74, 6) is 1.19. The molecule has 2 heterocycles. The Morgan fingerprint density at radius 2 is 1.77 bits per heavy atom. The number of nitrogens with one attached hydrogen (secondary N) is 1. The molecular formula is C21H27N3O6. The van der Waals surface area contributed by atoms with E-state index < -0.39 is 6.29 Å². The Bertz CT molecular complexity index is 930. The van der Waals surface area contributed by atoms with E-state index in [-0.39, 0.29) is 18.0 Å². The number of fused-ring (bicyclic) bond motifs is 1. The SMILES string of the molecule is CCOC(OCC)c1nc2c(c(=O)[nH]1)CN(C(=O)c1cc(OC)cc(OC)c1)CC2. The fraction of sp³-hybridized carbons (Fsp3) is 0.476. The smallest absolute Gasteiger partial charge is 0.256 e. The maximum Gasteiger partial charge on any atom is 0.256 e. The number of ether oxygens (including phenoxy) is 4. The molecule has 0 unspecified atom stereocenters. The average molecular weight is 417 g/mol. The van der Waals surface area contributed by atoms with E-state index in [0.717, 1.165) is 0 Å². The summed E-state index contributed by atoms with van der Waals surface area (Å²) in [5, 5.41) is 0. The zero-order chi connectivity index (χ0) is 21.7. The second kappa shape index (κ2) is 9.73. The highest BCUT2D eigenvalue weighted by Gasteiger charge is 2.27. The number of carbonyl (C=O) groups is 1. The number of benzene rings is 1. The van der Waals surface area contributed by atoms with Crippen LogP contribution >= 0.6 is 0 Å². The normalized spacial score (nSPS) is 13.3. The highest BCUT2D eigenvalue weighted by molar-refractivity contribution is 5.95. The first kappa shape index (κ1) is 21.8. The Kier molecular flexibility index (Phi) is 7.07. The standard InChI is InChI=1S/C21H27N3O6/c1-5-29-21(30-6-2)18-22-17-7-8-24(12-16(17)19(25)23-18)20(26)13-9-14(27-3)11-15(10-13)28-4/h9-11,21H,5-8,12H2,1-4H3,(H,22,23,25). The maximum atomic E-state index is 13.0. The zero-order valence-corrected chi connectivity index (χ0v) is 17.7. The summed E-state index contributed by atoms with van der Waals surface area (Å²) >= 11 is 0. The summed E-state index contributed by atoms with van der Waals surface area (Å²) in [6.45, 7) is 5.16. The topological polar surface area (TPSA) is 103 Å². The van der Waals surface area contributed by atoms with Crippen molar-refractivity contribution in [3.63, 3.8) is 0 Å². The Morgan fingerprint density at radius 3 is 2.33 bits per heavy atom. The van der Waals surface area contributed by atoms with Crippen LogP contribution in [0.4, 0.5) is 0 Å². The van der Waals surface area contributed by atoms with E-state index in [9.17, 15) is 9.59 Å². The van der Waals surface area contributed by atoms with Gasteiger partial charge in [-0.3, -0.25) is 9.59 Å². The van der Waals surface area contributed by atoms with E-state index >= 15 is 0 Å². The lowest BCUT2D eigenvalue weighted by Crippen LogP contribution is -2.40. The van der Waals surface area contributed by atoms with Crippen LogP contribution in [0, 0.1) is 0 Å². The fourth-order valence-corrected chi connectivity index (χ4v) is 3.35. The quantitative estimate of drug-likeness (QED) is 0.656. The first-order chi connectivity index (χ1) is 14.5. The van der Waals surface area contributed by atoms with Crippen molar-refractivity contribution in [2.75, 3.05) is 34.0 Å². The predicted molar refractivity (Wildman–Crippen MR) is 109 cm³/mol. The lowest BCUT2D eigenvalue weighted by Gasteiger charge is -2.28. The van der Waals surface area contributed by atoms with Gasteiger partial charge in [-0.05, 0) is 26.0 Å². The van der Waals surface area contributed by atoms with E-state index in [1.165, 1.54) is 14.2 Å². The molecule has 1 N–H and O–H groups in total. The van der Waals surface area contributed by atoms with Crippen molar-refractivity contribution in [1.82, 2.24) is 14.9 Å². The number of hydrogen-bond acceptors (Lipinski definition) is 7. The molecule has 0 saturated carbocycles. The number of nitrogens with zero attached hydrogens (tertiary/aromatic N) is 2. The van der Waals surface area contributed by atoms with Crippen molar-refractivity contribution in [1.29, 1.82) is 0 Å². The second-order valence-electron chi connectivity index (χ2n) is 6.70. The maximum absolute atomic E-state index is 13.0. The molecule has 9 nitrogen and oxygen atoms in total. The van der Waals surface area contributed by atoms with Crippen molar-refractivity contribution in [3.8, 4) is 11.5 Å². The van der Waals surface area contributed by atoms with Gasteiger partial charge in [-0.15, -0.1) is 0 Å². The van der Waals surface area contributed by atoms with Crippen molar-refractivity contribution >= 4 is 5.91 Å². The van der Waals surface area contributed by atoms with Gasteiger partial charge in [0.15, 0.2) is 5.82 Å². The number of H-pyrrole nitrogens is 1. The van der Waals surface area contributed by atoms with Crippen molar-refractivity contribution in [2.24, 2.45) is 0 Å². The minimum atomic E-state index is -0.720. The predicted octanol–water partition coefficient (Wildman–Crippen LogP) is 2.06. The number of aromatic amines is 1. The number of carbonyl (C=O) groups excluding carboxylic acids is 1. The average Bonchev–Trinajstić information content (AvgIpc) is 2.77. The third-order valence-corrected chi connectivity index (χ3v) is 4.83. The first-order valence-electron chi connectivity index (χ1n) is 9.88. The zero-order valence-electron chi connectivity index (χ0n) is 17.7. The van der Waals surface area contributed by atoms with Crippen molar-refractivity contribution in [2.45, 2.75) is 33.1 Å². The van der Waals surface area contributed by atoms with Crippen LogP contribution in [0.25, 0.3) is 0 Å². The number of hydrogen-bond donors (Lipinski definition) is 1. The molecule has 0 atom stereocenters. The summed E-state index contributed by atoms with van der Waals surface area (Å²) < 4.78 is 21.6. The first-order valence-corrected chi connectivity index (χ1v) is 9.88. The van der Waals surface area contributed by atoms with Crippen LogP contribution in [-0.4, -0.2) is 54.8 Å². The molecule has 1 aliphatic heterocycles. The molecule has 0 aliphatic carbocycles. The van der Waals surface area contributed by atoms with Gasteiger partial charge in [-0.2, -0.15) is 0 Å². The summed E-state index contributed by atoms with van der Waals surface area (Å²) in [6, 6.07) is 5.01. The molecule has 0 bridgehead atoms. The molecule has 0 spiro atoms. The van der Waals surface area contributed by atoms with E-state index in [1.54, 1.807) is 23.1 Å². The monoisotopic (exact) mass is 417 g/mol. The third kappa shape index (κ3) is 4.63. The van der Waals surface area contributed by atoms with Gasteiger partial charge in [0.05, 0.1) is 32.0 Å². The van der Waals surface area contributed by atoms with E-state index in [2.05, 4.69) is 9.97 Å². The highest BCUT2D eigenvalue weighted by atomic mass is 16.7. The molecule has 9 heteroatoms. The molecule has 3 rings (SSSR count). The van der Waals surface area contributed by atoms with Crippen LogP contribution in [0.2, 0.25) is 0 Å². The Morgan fingerprint density at radius 1 is 1.13 bits per heavy atom. The summed E-state index contributed by atoms with van der Waals surface area (Å²) in [7, 11) is 3.06. The van der Waals surface area contributed by atoms with Gasteiger partial charge in [0, 0.05) is 37.8 Å². The number of rotatable bonds is 8. The lowest BCUT2D eigenvalue weighted by atomic mass is 10.1. The van der Waals surface area contributed by atoms with E-state index in [1.807, 2.05) is 13.8 Å². The van der Waals surface area contributed by atoms with Gasteiger partial charge in [0.25, 0.3) is 11.5 Å². The van der Waals surface area contributed by atoms with Crippen LogP contribution in [0.15, 0.2) is 23.0 Å². The van der Waals surface area contributed by atoms with E-state index in [0.29, 0.717) is 60.3 Å². The van der Waals surface area contributed by atoms with Crippen molar-refractivity contribution in [3.05, 3.63) is 51.2 Å². The van der Waals surface area contributed by atoms with Crippen molar-refractivity contribution < 1.29 is 23.7 Å². The molecular weight excluding hydrogens is 390 g/mol. The lowest BCUT2D eigenvalue weighted by molar-refractivity contribution is -0.145. The van der Waals surface area contributed by atoms with Crippen LogP contribution < -0.4 is 15.0 Å². The molecule has 1 aromatic heterocycles. The fourth-order valence-electron chi connectivity index (χ4n) is 3.35. The van der Waals surface area contributed by atoms with Gasteiger partial charge >= 0.3 is 0 Å². The minimum absolute atomic E-state index is 0.171. The Hall–Kier alpha value is -2.91. The summed E-state index contributed by atoms with van der Waals surface area (Å²) in [5.41, 5.74) is 1.27. The molecule has 162 valence electrons. The van der Waals surface area contributed by atoms with Gasteiger partial charge in [-0.1, -0.05) is 0 Å². The second-order valence-corrected chi connectivity index (χ2v) is 6.70. The molecule has 30 heavy (non-hydrogen) atoms.